The average Bonchev–Trinajstić information content (AvgIpc) is 2.83. The molecule has 0 amide bonds. The molecular formula is C15H21ClN2O3S2. The van der Waals surface area contributed by atoms with Gasteiger partial charge in [-0.2, -0.15) is 28.8 Å². The summed E-state index contributed by atoms with van der Waals surface area (Å²) in [7, 11) is -3.38. The molecular weight excluding hydrogens is 356 g/mol. The standard InChI is InChI=1S/C15H21ClN2O3S2/c16-14-4-2-1-3-13(14)15-5-6-17(9-12-22-15)23(19,20)18-7-10-21-11-8-18/h1-4,15H,5-12H2. The zero-order valence-electron chi connectivity index (χ0n) is 12.9. The second kappa shape index (κ2) is 7.72. The van der Waals surface area contributed by atoms with Gasteiger partial charge in [-0.15, -0.1) is 0 Å². The Bertz CT molecular complexity index is 635. The van der Waals surface area contributed by atoms with Gasteiger partial charge < -0.3 is 4.74 Å². The number of rotatable bonds is 3. The molecule has 0 spiro atoms. The first kappa shape index (κ1) is 17.5. The van der Waals surface area contributed by atoms with Gasteiger partial charge in [0.2, 0.25) is 0 Å². The maximum absolute atomic E-state index is 12.8. The monoisotopic (exact) mass is 376 g/mol. The van der Waals surface area contributed by atoms with Gasteiger partial charge in [0.05, 0.1) is 13.2 Å². The van der Waals surface area contributed by atoms with Gasteiger partial charge in [-0.3, -0.25) is 0 Å². The Kier molecular flexibility index (Phi) is 5.87. The molecule has 3 rings (SSSR count). The molecule has 5 nitrogen and oxygen atoms in total. The van der Waals surface area contributed by atoms with E-state index in [1.54, 1.807) is 16.1 Å². The van der Waals surface area contributed by atoms with Crippen LogP contribution in [0, 0.1) is 0 Å². The molecule has 1 aromatic rings. The second-order valence-electron chi connectivity index (χ2n) is 5.59. The normalized spacial score (nSPS) is 25.2. The van der Waals surface area contributed by atoms with E-state index in [4.69, 9.17) is 16.3 Å². The highest BCUT2D eigenvalue weighted by Crippen LogP contribution is 2.38. The minimum atomic E-state index is -3.38. The molecule has 2 saturated heterocycles. The Labute approximate surface area is 147 Å². The zero-order chi connectivity index (χ0) is 16.3. The predicted molar refractivity (Wildman–Crippen MR) is 94.2 cm³/mol. The Morgan fingerprint density at radius 3 is 2.52 bits per heavy atom. The van der Waals surface area contributed by atoms with Crippen molar-refractivity contribution in [3.63, 3.8) is 0 Å². The van der Waals surface area contributed by atoms with Gasteiger partial charge in [0, 0.05) is 42.2 Å². The molecule has 23 heavy (non-hydrogen) atoms. The third-order valence-electron chi connectivity index (χ3n) is 4.18. The quantitative estimate of drug-likeness (QED) is 0.812. The van der Waals surface area contributed by atoms with Gasteiger partial charge in [-0.1, -0.05) is 29.8 Å². The van der Waals surface area contributed by atoms with Crippen LogP contribution in [-0.2, 0) is 14.9 Å². The summed E-state index contributed by atoms with van der Waals surface area (Å²) in [4.78, 5) is 0. The molecule has 0 radical (unpaired) electrons. The highest BCUT2D eigenvalue weighted by Gasteiger charge is 2.33. The third kappa shape index (κ3) is 4.03. The topological polar surface area (TPSA) is 49.9 Å². The van der Waals surface area contributed by atoms with Gasteiger partial charge in [0.25, 0.3) is 10.2 Å². The van der Waals surface area contributed by atoms with Gasteiger partial charge >= 0.3 is 0 Å². The minimum Gasteiger partial charge on any atom is -0.379 e. The molecule has 0 saturated carbocycles. The first-order valence-electron chi connectivity index (χ1n) is 7.78. The van der Waals surface area contributed by atoms with Crippen LogP contribution in [0.4, 0.5) is 0 Å². The Balaban J connectivity index is 1.70. The van der Waals surface area contributed by atoms with E-state index < -0.39 is 10.2 Å². The summed E-state index contributed by atoms with van der Waals surface area (Å²) in [5.74, 6) is 0.777. The molecule has 0 N–H and O–H groups in total. The van der Waals surface area contributed by atoms with Crippen LogP contribution in [0.3, 0.4) is 0 Å². The predicted octanol–water partition coefficient (Wildman–Crippen LogP) is 2.40. The van der Waals surface area contributed by atoms with E-state index >= 15 is 0 Å². The van der Waals surface area contributed by atoms with Crippen molar-refractivity contribution in [2.75, 3.05) is 45.1 Å². The molecule has 128 valence electrons. The van der Waals surface area contributed by atoms with E-state index in [9.17, 15) is 8.42 Å². The van der Waals surface area contributed by atoms with Crippen molar-refractivity contribution in [2.45, 2.75) is 11.7 Å². The van der Waals surface area contributed by atoms with Gasteiger partial charge in [0.1, 0.15) is 0 Å². The summed E-state index contributed by atoms with van der Waals surface area (Å²) in [6, 6.07) is 7.83. The van der Waals surface area contributed by atoms with Crippen molar-refractivity contribution < 1.29 is 13.2 Å². The number of hydrogen-bond acceptors (Lipinski definition) is 4. The van der Waals surface area contributed by atoms with Crippen molar-refractivity contribution in [3.05, 3.63) is 34.9 Å². The van der Waals surface area contributed by atoms with Gasteiger partial charge in [-0.25, -0.2) is 0 Å². The molecule has 2 fully saturated rings. The summed E-state index contributed by atoms with van der Waals surface area (Å²) < 4.78 is 33.9. The van der Waals surface area contributed by atoms with Crippen LogP contribution in [0.2, 0.25) is 5.02 Å². The number of thioether (sulfide) groups is 1. The van der Waals surface area contributed by atoms with Crippen molar-refractivity contribution in [2.24, 2.45) is 0 Å². The summed E-state index contributed by atoms with van der Waals surface area (Å²) in [5, 5.41) is 1.00. The maximum Gasteiger partial charge on any atom is 0.282 e. The average molecular weight is 377 g/mol. The van der Waals surface area contributed by atoms with Crippen molar-refractivity contribution >= 4 is 33.6 Å². The number of morpholine rings is 1. The molecule has 0 aromatic heterocycles. The van der Waals surface area contributed by atoms with Crippen molar-refractivity contribution in [3.8, 4) is 0 Å². The number of benzene rings is 1. The summed E-state index contributed by atoms with van der Waals surface area (Å²) >= 11 is 8.08. The number of nitrogens with zero attached hydrogens (tertiary/aromatic N) is 2. The Morgan fingerprint density at radius 2 is 1.78 bits per heavy atom. The lowest BCUT2D eigenvalue weighted by molar-refractivity contribution is 0.0703. The van der Waals surface area contributed by atoms with Crippen LogP contribution >= 0.6 is 23.4 Å². The minimum absolute atomic E-state index is 0.244. The molecule has 0 bridgehead atoms. The molecule has 2 aliphatic heterocycles. The van der Waals surface area contributed by atoms with Crippen LogP contribution in [0.1, 0.15) is 17.2 Å². The molecule has 2 heterocycles. The maximum atomic E-state index is 12.8. The number of ether oxygens (including phenoxy) is 1. The van der Waals surface area contributed by atoms with Gasteiger partial charge in [-0.05, 0) is 18.1 Å². The van der Waals surface area contributed by atoms with Crippen LogP contribution in [0.15, 0.2) is 24.3 Å². The van der Waals surface area contributed by atoms with E-state index in [-0.39, 0.29) is 5.25 Å². The number of halogens is 1. The first-order chi connectivity index (χ1) is 11.1. The summed E-state index contributed by atoms with van der Waals surface area (Å²) in [6.07, 6.45) is 0.776. The molecule has 1 aromatic carbocycles. The molecule has 1 unspecified atom stereocenters. The SMILES string of the molecule is O=S(=O)(N1CCOCC1)N1CCSC(c2ccccc2Cl)CC1. The summed E-state index contributed by atoms with van der Waals surface area (Å²) in [6.45, 7) is 2.92. The highest BCUT2D eigenvalue weighted by molar-refractivity contribution is 7.99. The van der Waals surface area contributed by atoms with E-state index in [0.717, 1.165) is 22.8 Å². The van der Waals surface area contributed by atoms with Crippen LogP contribution in [0.25, 0.3) is 0 Å². The smallest absolute Gasteiger partial charge is 0.282 e. The fourth-order valence-electron chi connectivity index (χ4n) is 2.91. The van der Waals surface area contributed by atoms with Crippen molar-refractivity contribution in [1.82, 2.24) is 8.61 Å². The van der Waals surface area contributed by atoms with E-state index in [0.29, 0.717) is 39.4 Å². The van der Waals surface area contributed by atoms with Crippen LogP contribution < -0.4 is 0 Å². The molecule has 2 aliphatic rings. The molecule has 8 heteroatoms. The van der Waals surface area contributed by atoms with E-state index in [1.165, 1.54) is 4.31 Å². The Hall–Kier alpha value is -0.310. The number of hydrogen-bond donors (Lipinski definition) is 0. The van der Waals surface area contributed by atoms with Crippen LogP contribution in [0.5, 0.6) is 0 Å². The van der Waals surface area contributed by atoms with Crippen LogP contribution in [-0.4, -0.2) is 62.2 Å². The molecule has 0 aliphatic carbocycles. The molecule has 1 atom stereocenters. The largest absolute Gasteiger partial charge is 0.379 e. The van der Waals surface area contributed by atoms with Crippen molar-refractivity contribution in [1.29, 1.82) is 0 Å². The second-order valence-corrected chi connectivity index (χ2v) is 9.23. The zero-order valence-corrected chi connectivity index (χ0v) is 15.2. The van der Waals surface area contributed by atoms with E-state index in [1.807, 2.05) is 24.3 Å². The lowest BCUT2D eigenvalue weighted by Crippen LogP contribution is -2.49. The first-order valence-corrected chi connectivity index (χ1v) is 10.6. The lowest BCUT2D eigenvalue weighted by atomic mass is 10.1. The van der Waals surface area contributed by atoms with E-state index in [2.05, 4.69) is 0 Å². The summed E-state index contributed by atoms with van der Waals surface area (Å²) in [5.41, 5.74) is 1.10. The fraction of sp³-hybridized carbons (Fsp3) is 0.600. The third-order valence-corrected chi connectivity index (χ3v) is 7.87. The lowest BCUT2D eigenvalue weighted by Gasteiger charge is -2.31. The highest BCUT2D eigenvalue weighted by atomic mass is 35.5. The Morgan fingerprint density at radius 1 is 1.09 bits per heavy atom. The van der Waals surface area contributed by atoms with Gasteiger partial charge in [0.15, 0.2) is 0 Å². The fourth-order valence-corrected chi connectivity index (χ4v) is 6.22.